The Morgan fingerprint density at radius 3 is 2.30 bits per heavy atom. The van der Waals surface area contributed by atoms with Gasteiger partial charge in [0.25, 0.3) is 0 Å². The highest BCUT2D eigenvalue weighted by atomic mass is 28.2. The van der Waals surface area contributed by atoms with Gasteiger partial charge in [-0.3, -0.25) is 0 Å². The van der Waals surface area contributed by atoms with Crippen molar-refractivity contribution in [3.8, 4) is 0 Å². The molecule has 0 fully saturated rings. The molecular weight excluding hydrogens is 140 g/mol. The van der Waals surface area contributed by atoms with E-state index in [4.69, 9.17) is 4.43 Å². The average molecular weight is 156 g/mol. The Labute approximate surface area is 66.0 Å². The fraction of sp³-hybridized carbons (Fsp3) is 0.750. The second-order valence-electron chi connectivity index (χ2n) is 3.64. The lowest BCUT2D eigenvalue weighted by Crippen LogP contribution is -2.07. The van der Waals surface area contributed by atoms with Gasteiger partial charge < -0.3 is 4.43 Å². The first kappa shape index (κ1) is 7.86. The Bertz CT molecular complexity index is 170. The zero-order valence-corrected chi connectivity index (χ0v) is 9.32. The largest absolute Gasteiger partial charge is 0.556 e. The summed E-state index contributed by atoms with van der Waals surface area (Å²) in [5.74, 6) is 1.26. The van der Waals surface area contributed by atoms with Crippen LogP contribution in [0.25, 0.3) is 0 Å². The molecule has 0 aromatic rings. The number of rotatable bonds is 1. The minimum atomic E-state index is 0.403. The molecule has 0 bridgehead atoms. The molecule has 1 rings (SSSR count). The Hall–Kier alpha value is -0.243. The molecule has 1 aliphatic rings. The second kappa shape index (κ2) is 2.42. The van der Waals surface area contributed by atoms with Gasteiger partial charge in [0, 0.05) is 6.42 Å². The van der Waals surface area contributed by atoms with Gasteiger partial charge >= 0.3 is 0 Å². The summed E-state index contributed by atoms with van der Waals surface area (Å²) in [6.45, 7) is 6.77. The standard InChI is InChI=1S/C8H16OSi/c1-6-7(9-10)4-5-8(6,2)3/h4-5H2,1-3,10H3. The van der Waals surface area contributed by atoms with Crippen molar-refractivity contribution in [2.45, 2.75) is 33.6 Å². The van der Waals surface area contributed by atoms with E-state index in [1.807, 2.05) is 0 Å². The van der Waals surface area contributed by atoms with Crippen molar-refractivity contribution < 1.29 is 4.43 Å². The van der Waals surface area contributed by atoms with E-state index in [0.717, 1.165) is 16.9 Å². The van der Waals surface area contributed by atoms with Crippen LogP contribution in [0.5, 0.6) is 0 Å². The van der Waals surface area contributed by atoms with E-state index in [9.17, 15) is 0 Å². The lowest BCUT2D eigenvalue weighted by Gasteiger charge is -2.18. The normalized spacial score (nSPS) is 23.9. The Morgan fingerprint density at radius 1 is 1.50 bits per heavy atom. The van der Waals surface area contributed by atoms with Gasteiger partial charge in [-0.1, -0.05) is 13.8 Å². The summed E-state index contributed by atoms with van der Waals surface area (Å²) in [4.78, 5) is 0. The third-order valence-electron chi connectivity index (χ3n) is 2.66. The maximum absolute atomic E-state index is 5.38. The lowest BCUT2D eigenvalue weighted by molar-refractivity contribution is 0.437. The molecule has 0 spiro atoms. The monoisotopic (exact) mass is 156 g/mol. The molecule has 0 N–H and O–H groups in total. The maximum Gasteiger partial charge on any atom is 0.203 e. The van der Waals surface area contributed by atoms with Crippen LogP contribution < -0.4 is 0 Å². The summed E-state index contributed by atoms with van der Waals surface area (Å²) in [6.07, 6.45) is 2.42. The van der Waals surface area contributed by atoms with E-state index in [1.54, 1.807) is 0 Å². The highest BCUT2D eigenvalue weighted by Crippen LogP contribution is 2.41. The molecule has 1 aliphatic carbocycles. The number of hydrogen-bond acceptors (Lipinski definition) is 1. The topological polar surface area (TPSA) is 9.23 Å². The van der Waals surface area contributed by atoms with Crippen molar-refractivity contribution in [1.82, 2.24) is 0 Å². The van der Waals surface area contributed by atoms with E-state index in [0.29, 0.717) is 5.41 Å². The van der Waals surface area contributed by atoms with Gasteiger partial charge in [0.2, 0.25) is 10.5 Å². The zero-order chi connectivity index (χ0) is 7.78. The van der Waals surface area contributed by atoms with E-state index >= 15 is 0 Å². The molecule has 1 nitrogen and oxygen atoms in total. The van der Waals surface area contributed by atoms with Crippen LogP contribution in [0.3, 0.4) is 0 Å². The molecule has 0 saturated carbocycles. The summed E-state index contributed by atoms with van der Waals surface area (Å²) in [7, 11) is 0.841. The molecule has 0 unspecified atom stereocenters. The minimum absolute atomic E-state index is 0.403. The zero-order valence-electron chi connectivity index (χ0n) is 7.32. The van der Waals surface area contributed by atoms with Crippen molar-refractivity contribution in [2.75, 3.05) is 0 Å². The molecule has 10 heavy (non-hydrogen) atoms. The summed E-state index contributed by atoms with van der Waals surface area (Å²) in [6, 6.07) is 0. The van der Waals surface area contributed by atoms with Crippen LogP contribution in [0, 0.1) is 5.41 Å². The van der Waals surface area contributed by atoms with Crippen molar-refractivity contribution in [3.63, 3.8) is 0 Å². The Morgan fingerprint density at radius 2 is 2.10 bits per heavy atom. The van der Waals surface area contributed by atoms with Crippen LogP contribution in [0.15, 0.2) is 11.3 Å². The molecule has 0 aromatic carbocycles. The summed E-state index contributed by atoms with van der Waals surface area (Å²) >= 11 is 0. The van der Waals surface area contributed by atoms with Gasteiger partial charge in [-0.05, 0) is 24.3 Å². The predicted molar refractivity (Wildman–Crippen MR) is 46.7 cm³/mol. The first-order valence-electron chi connectivity index (χ1n) is 3.82. The van der Waals surface area contributed by atoms with Crippen LogP contribution in [0.2, 0.25) is 0 Å². The molecule has 0 heterocycles. The number of hydrogen-bond donors (Lipinski definition) is 0. The third-order valence-corrected chi connectivity index (χ3v) is 3.15. The van der Waals surface area contributed by atoms with Crippen molar-refractivity contribution >= 4 is 10.5 Å². The first-order valence-corrected chi connectivity index (χ1v) is 4.64. The summed E-state index contributed by atoms with van der Waals surface area (Å²) in [5.41, 5.74) is 1.86. The van der Waals surface area contributed by atoms with Crippen LogP contribution in [0.1, 0.15) is 33.6 Å². The van der Waals surface area contributed by atoms with Crippen LogP contribution in [-0.4, -0.2) is 10.5 Å². The molecule has 2 heteroatoms. The highest BCUT2D eigenvalue weighted by Gasteiger charge is 2.29. The third kappa shape index (κ3) is 1.12. The van der Waals surface area contributed by atoms with Crippen LogP contribution in [0.4, 0.5) is 0 Å². The summed E-state index contributed by atoms with van der Waals surface area (Å²) < 4.78 is 5.38. The predicted octanol–water partition coefficient (Wildman–Crippen LogP) is 1.38. The van der Waals surface area contributed by atoms with E-state index in [1.165, 1.54) is 17.8 Å². The van der Waals surface area contributed by atoms with Crippen molar-refractivity contribution in [3.05, 3.63) is 11.3 Å². The Kier molecular flexibility index (Phi) is 1.90. The van der Waals surface area contributed by atoms with E-state index < -0.39 is 0 Å². The van der Waals surface area contributed by atoms with Crippen molar-refractivity contribution in [2.24, 2.45) is 5.41 Å². The first-order chi connectivity index (χ1) is 4.58. The van der Waals surface area contributed by atoms with Gasteiger partial charge in [-0.2, -0.15) is 0 Å². The molecule has 0 radical (unpaired) electrons. The van der Waals surface area contributed by atoms with Crippen molar-refractivity contribution in [1.29, 1.82) is 0 Å². The number of allylic oxidation sites excluding steroid dienone is 2. The van der Waals surface area contributed by atoms with Crippen LogP contribution in [-0.2, 0) is 4.43 Å². The molecular formula is C8H16OSi. The molecule has 0 aliphatic heterocycles. The van der Waals surface area contributed by atoms with Crippen LogP contribution >= 0.6 is 0 Å². The quantitative estimate of drug-likeness (QED) is 0.521. The summed E-state index contributed by atoms with van der Waals surface area (Å²) in [5, 5.41) is 0. The van der Waals surface area contributed by atoms with E-state index in [-0.39, 0.29) is 0 Å². The van der Waals surface area contributed by atoms with Gasteiger partial charge in [-0.25, -0.2) is 0 Å². The van der Waals surface area contributed by atoms with Gasteiger partial charge in [0.15, 0.2) is 0 Å². The molecule has 0 saturated heterocycles. The Balaban J connectivity index is 2.84. The maximum atomic E-state index is 5.38. The van der Waals surface area contributed by atoms with Gasteiger partial charge in [-0.15, -0.1) is 0 Å². The fourth-order valence-electron chi connectivity index (χ4n) is 1.43. The molecule has 0 aromatic heterocycles. The molecule has 0 amide bonds. The lowest BCUT2D eigenvalue weighted by atomic mass is 9.87. The van der Waals surface area contributed by atoms with E-state index in [2.05, 4.69) is 20.8 Å². The van der Waals surface area contributed by atoms with Gasteiger partial charge in [0.1, 0.15) is 0 Å². The molecule has 58 valence electrons. The smallest absolute Gasteiger partial charge is 0.203 e. The fourth-order valence-corrected chi connectivity index (χ4v) is 1.94. The highest BCUT2D eigenvalue weighted by molar-refractivity contribution is 5.98. The minimum Gasteiger partial charge on any atom is -0.556 e. The average Bonchev–Trinajstić information content (AvgIpc) is 2.10. The SMILES string of the molecule is CC1=C(O[SiH3])CCC1(C)C. The van der Waals surface area contributed by atoms with Gasteiger partial charge in [0.05, 0.1) is 5.76 Å². The second-order valence-corrected chi connectivity index (χ2v) is 4.04. The molecule has 0 atom stereocenters.